The first-order chi connectivity index (χ1) is 13.7. The van der Waals surface area contributed by atoms with Gasteiger partial charge >= 0.3 is 0 Å². The van der Waals surface area contributed by atoms with Crippen LogP contribution in [0.2, 0.25) is 0 Å². The molecule has 3 nitrogen and oxygen atoms in total. The zero-order valence-corrected chi connectivity index (χ0v) is 17.7. The van der Waals surface area contributed by atoms with Crippen molar-refractivity contribution in [2.24, 2.45) is 11.8 Å². The zero-order chi connectivity index (χ0) is 19.1. The predicted octanol–water partition coefficient (Wildman–Crippen LogP) is 4.36. The predicted molar refractivity (Wildman–Crippen MR) is 116 cm³/mol. The molecule has 2 aromatic rings. The van der Waals surface area contributed by atoms with Gasteiger partial charge < -0.3 is 15.0 Å². The van der Waals surface area contributed by atoms with Gasteiger partial charge in [0.25, 0.3) is 0 Å². The van der Waals surface area contributed by atoms with Crippen molar-refractivity contribution in [1.29, 1.82) is 0 Å². The molecule has 1 N–H and O–H groups in total. The van der Waals surface area contributed by atoms with Gasteiger partial charge in [-0.15, -0.1) is 11.8 Å². The Morgan fingerprint density at radius 1 is 1.07 bits per heavy atom. The Balaban J connectivity index is 1.40. The lowest BCUT2D eigenvalue weighted by Gasteiger charge is -2.36. The van der Waals surface area contributed by atoms with E-state index in [2.05, 4.69) is 66.0 Å². The van der Waals surface area contributed by atoms with Crippen molar-refractivity contribution in [3.05, 3.63) is 59.2 Å². The second-order valence-corrected chi connectivity index (χ2v) is 9.60. The Morgan fingerprint density at radius 3 is 2.50 bits per heavy atom. The van der Waals surface area contributed by atoms with E-state index in [1.807, 2.05) is 0 Å². The molecule has 0 spiro atoms. The average molecular weight is 395 g/mol. The first-order valence-corrected chi connectivity index (χ1v) is 11.8. The van der Waals surface area contributed by atoms with E-state index in [4.69, 9.17) is 4.74 Å². The topological polar surface area (TPSA) is 24.5 Å². The second-order valence-electron chi connectivity index (χ2n) is 8.72. The summed E-state index contributed by atoms with van der Waals surface area (Å²) in [4.78, 5) is 3.77. The molecule has 4 heteroatoms. The van der Waals surface area contributed by atoms with Crippen LogP contribution >= 0.6 is 11.8 Å². The van der Waals surface area contributed by atoms with E-state index in [0.717, 1.165) is 37.8 Å². The van der Waals surface area contributed by atoms with E-state index in [0.29, 0.717) is 17.9 Å². The van der Waals surface area contributed by atoms with Crippen LogP contribution < -0.4 is 10.1 Å². The Bertz CT molecular complexity index is 829. The molecule has 28 heavy (non-hydrogen) atoms. The lowest BCUT2D eigenvalue weighted by atomic mass is 9.84. The van der Waals surface area contributed by atoms with Gasteiger partial charge in [0.1, 0.15) is 11.9 Å². The van der Waals surface area contributed by atoms with Crippen molar-refractivity contribution < 1.29 is 4.74 Å². The summed E-state index contributed by atoms with van der Waals surface area (Å²) in [5.41, 5.74) is 4.30. The summed E-state index contributed by atoms with van der Waals surface area (Å²) in [5.74, 6) is 2.96. The molecule has 2 aromatic carbocycles. The normalized spacial score (nSPS) is 23.7. The first-order valence-electron chi connectivity index (χ1n) is 10.5. The summed E-state index contributed by atoms with van der Waals surface area (Å²) < 4.78 is 6.55. The van der Waals surface area contributed by atoms with E-state index in [1.165, 1.54) is 34.4 Å². The van der Waals surface area contributed by atoms with E-state index in [1.54, 1.807) is 11.8 Å². The lowest BCUT2D eigenvalue weighted by molar-refractivity contribution is 0.0803. The minimum Gasteiger partial charge on any atom is -0.490 e. The maximum atomic E-state index is 6.55. The lowest BCUT2D eigenvalue weighted by Crippen LogP contribution is -2.51. The van der Waals surface area contributed by atoms with E-state index in [-0.39, 0.29) is 0 Å². The van der Waals surface area contributed by atoms with Crippen LogP contribution in [0.3, 0.4) is 0 Å². The number of benzene rings is 2. The van der Waals surface area contributed by atoms with Crippen molar-refractivity contribution in [1.82, 2.24) is 10.2 Å². The average Bonchev–Trinajstić information content (AvgIpc) is 3.50. The van der Waals surface area contributed by atoms with E-state index in [9.17, 15) is 0 Å². The largest absolute Gasteiger partial charge is 0.490 e. The molecule has 1 aliphatic carbocycles. The summed E-state index contributed by atoms with van der Waals surface area (Å²) in [6.45, 7) is 4.31. The molecule has 0 radical (unpaired) electrons. The Hall–Kier alpha value is -1.49. The molecule has 148 valence electrons. The molecular formula is C24H30N2OS. The highest BCUT2D eigenvalue weighted by atomic mass is 32.2. The van der Waals surface area contributed by atoms with Crippen molar-refractivity contribution in [2.75, 3.05) is 32.9 Å². The van der Waals surface area contributed by atoms with Crippen LogP contribution in [0.4, 0.5) is 0 Å². The standard InChI is InChI=1S/C24H30N2OS/c1-26-14-18-11-20(27-24(17-3-4-17)19-12-25-13-19)7-10-22(18)23(15-26)16-5-8-21(28-2)9-6-16/h5-11,17,19,23-25H,3-4,12-15H2,1-2H3. The van der Waals surface area contributed by atoms with Crippen molar-refractivity contribution >= 4 is 11.8 Å². The summed E-state index contributed by atoms with van der Waals surface area (Å²) in [7, 11) is 2.23. The molecular weight excluding hydrogens is 364 g/mol. The van der Waals surface area contributed by atoms with Crippen LogP contribution in [0.25, 0.3) is 0 Å². The van der Waals surface area contributed by atoms with Crippen LogP contribution in [-0.2, 0) is 6.54 Å². The third-order valence-electron chi connectivity index (χ3n) is 6.58. The monoisotopic (exact) mass is 394 g/mol. The molecule has 5 rings (SSSR count). The molecule has 2 atom stereocenters. The summed E-state index contributed by atoms with van der Waals surface area (Å²) in [6.07, 6.45) is 5.20. The molecule has 2 aliphatic heterocycles. The fraction of sp³-hybridized carbons (Fsp3) is 0.500. The van der Waals surface area contributed by atoms with Crippen molar-refractivity contribution in [2.45, 2.75) is 36.3 Å². The number of nitrogens with zero attached hydrogens (tertiary/aromatic N) is 1. The highest BCUT2D eigenvalue weighted by molar-refractivity contribution is 7.98. The summed E-state index contributed by atoms with van der Waals surface area (Å²) in [6, 6.07) is 16.0. The van der Waals surface area contributed by atoms with Gasteiger partial charge in [-0.1, -0.05) is 18.2 Å². The summed E-state index contributed by atoms with van der Waals surface area (Å²) >= 11 is 1.80. The van der Waals surface area contributed by atoms with Gasteiger partial charge in [-0.3, -0.25) is 0 Å². The molecule has 1 saturated carbocycles. The fourth-order valence-electron chi connectivity index (χ4n) is 4.72. The van der Waals surface area contributed by atoms with Crippen molar-refractivity contribution in [3.63, 3.8) is 0 Å². The molecule has 0 bridgehead atoms. The molecule has 0 amide bonds. The van der Waals surface area contributed by atoms with Crippen LogP contribution in [0.15, 0.2) is 47.4 Å². The van der Waals surface area contributed by atoms with Crippen LogP contribution in [-0.4, -0.2) is 43.9 Å². The summed E-state index contributed by atoms with van der Waals surface area (Å²) in [5, 5.41) is 3.41. The van der Waals surface area contributed by atoms with Gasteiger partial charge in [-0.05, 0) is 73.0 Å². The van der Waals surface area contributed by atoms with Gasteiger partial charge in [-0.25, -0.2) is 0 Å². The Labute approximate surface area is 172 Å². The van der Waals surface area contributed by atoms with Crippen molar-refractivity contribution in [3.8, 4) is 5.75 Å². The number of thioether (sulfide) groups is 1. The number of ether oxygens (including phenoxy) is 1. The third-order valence-corrected chi connectivity index (χ3v) is 7.32. The zero-order valence-electron chi connectivity index (χ0n) is 16.9. The molecule has 2 fully saturated rings. The fourth-order valence-corrected chi connectivity index (χ4v) is 5.13. The molecule has 2 unspecified atom stereocenters. The van der Waals surface area contributed by atoms with Crippen LogP contribution in [0, 0.1) is 11.8 Å². The number of fused-ring (bicyclic) bond motifs is 1. The number of nitrogens with one attached hydrogen (secondary N) is 1. The van der Waals surface area contributed by atoms with Gasteiger partial charge in [-0.2, -0.15) is 0 Å². The number of hydrogen-bond acceptors (Lipinski definition) is 4. The van der Waals surface area contributed by atoms with Crippen LogP contribution in [0.1, 0.15) is 35.4 Å². The maximum Gasteiger partial charge on any atom is 0.120 e. The van der Waals surface area contributed by atoms with Gasteiger partial charge in [0.2, 0.25) is 0 Å². The SMILES string of the molecule is CSc1ccc(C2CN(C)Cc3cc(OC(C4CC4)C4CNC4)ccc32)cc1. The molecule has 3 aliphatic rings. The van der Waals surface area contributed by atoms with Gasteiger partial charge in [0.05, 0.1) is 0 Å². The highest BCUT2D eigenvalue weighted by Gasteiger charge is 2.40. The highest BCUT2D eigenvalue weighted by Crippen LogP contribution is 2.40. The smallest absolute Gasteiger partial charge is 0.120 e. The maximum absolute atomic E-state index is 6.55. The second kappa shape index (κ2) is 7.74. The molecule has 1 saturated heterocycles. The minimum absolute atomic E-state index is 0.399. The first kappa shape index (κ1) is 18.5. The molecule has 0 aromatic heterocycles. The Morgan fingerprint density at radius 2 is 1.86 bits per heavy atom. The van der Waals surface area contributed by atoms with Gasteiger partial charge in [0.15, 0.2) is 0 Å². The Kier molecular flexibility index (Phi) is 5.12. The van der Waals surface area contributed by atoms with Crippen LogP contribution in [0.5, 0.6) is 5.75 Å². The third kappa shape index (κ3) is 3.70. The number of rotatable bonds is 6. The number of likely N-dealkylation sites (N-methyl/N-ethyl adjacent to an activating group) is 1. The number of hydrogen-bond donors (Lipinski definition) is 1. The van der Waals surface area contributed by atoms with E-state index >= 15 is 0 Å². The molecule has 2 heterocycles. The van der Waals surface area contributed by atoms with E-state index < -0.39 is 0 Å². The minimum atomic E-state index is 0.399. The van der Waals surface area contributed by atoms with Gasteiger partial charge in [0, 0.05) is 42.9 Å². The quantitative estimate of drug-likeness (QED) is 0.736.